The van der Waals surface area contributed by atoms with Gasteiger partial charge in [-0.25, -0.2) is 17.6 Å². The molecule has 1 aliphatic rings. The topological polar surface area (TPSA) is 72.8 Å². The highest BCUT2D eigenvalue weighted by molar-refractivity contribution is 7.90. The molecule has 0 unspecified atom stereocenters. The van der Waals surface area contributed by atoms with E-state index < -0.39 is 26.1 Å². The zero-order valence-corrected chi connectivity index (χ0v) is 12.0. The summed E-state index contributed by atoms with van der Waals surface area (Å²) in [4.78, 5) is 13.9. The minimum absolute atomic E-state index is 0.213. The van der Waals surface area contributed by atoms with E-state index in [-0.39, 0.29) is 5.75 Å². The molecular weight excluding hydrogens is 285 g/mol. The SMILES string of the molecule is COc1cc(S(C)(=O)=O)c(F)cc1C1(N=C=O)CCC1. The highest BCUT2D eigenvalue weighted by Crippen LogP contribution is 2.48. The van der Waals surface area contributed by atoms with Gasteiger partial charge in [-0.3, -0.25) is 0 Å². The predicted octanol–water partition coefficient (Wildman–Crippen LogP) is 1.95. The molecule has 0 atom stereocenters. The average molecular weight is 299 g/mol. The van der Waals surface area contributed by atoms with Crippen molar-refractivity contribution >= 4 is 15.9 Å². The van der Waals surface area contributed by atoms with Crippen LogP contribution in [0.5, 0.6) is 5.75 Å². The van der Waals surface area contributed by atoms with Crippen LogP contribution in [0.1, 0.15) is 24.8 Å². The first kappa shape index (κ1) is 14.7. The van der Waals surface area contributed by atoms with Gasteiger partial charge in [-0.2, -0.15) is 4.99 Å². The van der Waals surface area contributed by atoms with Crippen molar-refractivity contribution in [2.45, 2.75) is 29.7 Å². The van der Waals surface area contributed by atoms with E-state index >= 15 is 0 Å². The van der Waals surface area contributed by atoms with E-state index in [1.54, 1.807) is 0 Å². The van der Waals surface area contributed by atoms with E-state index in [2.05, 4.69) is 4.99 Å². The molecule has 2 rings (SSSR count). The van der Waals surface area contributed by atoms with Crippen LogP contribution >= 0.6 is 0 Å². The average Bonchev–Trinajstić information content (AvgIpc) is 2.32. The Morgan fingerprint density at radius 2 is 2.05 bits per heavy atom. The number of ether oxygens (including phenoxy) is 1. The predicted molar refractivity (Wildman–Crippen MR) is 69.7 cm³/mol. The fourth-order valence-corrected chi connectivity index (χ4v) is 3.13. The summed E-state index contributed by atoms with van der Waals surface area (Å²) in [5, 5.41) is 0. The summed E-state index contributed by atoms with van der Waals surface area (Å²) >= 11 is 0. The van der Waals surface area contributed by atoms with Crippen molar-refractivity contribution in [3.8, 4) is 5.75 Å². The molecule has 108 valence electrons. The number of hydrogen-bond donors (Lipinski definition) is 0. The zero-order valence-electron chi connectivity index (χ0n) is 11.1. The number of sulfone groups is 1. The van der Waals surface area contributed by atoms with Crippen molar-refractivity contribution in [2.75, 3.05) is 13.4 Å². The second-order valence-electron chi connectivity index (χ2n) is 4.84. The van der Waals surface area contributed by atoms with Gasteiger partial charge in [-0.05, 0) is 25.3 Å². The lowest BCUT2D eigenvalue weighted by atomic mass is 9.72. The summed E-state index contributed by atoms with van der Waals surface area (Å²) in [5.74, 6) is -0.652. The monoisotopic (exact) mass is 299 g/mol. The highest BCUT2D eigenvalue weighted by atomic mass is 32.2. The lowest BCUT2D eigenvalue weighted by Gasteiger charge is -2.38. The first-order chi connectivity index (χ1) is 9.34. The standard InChI is InChI=1S/C13H14FNO4S/c1-19-11-7-12(20(2,17)18)10(14)6-9(11)13(15-8-16)4-3-5-13/h6-7H,3-5H2,1-2H3. The van der Waals surface area contributed by atoms with Gasteiger partial charge in [0.25, 0.3) is 0 Å². The van der Waals surface area contributed by atoms with Gasteiger partial charge in [0.1, 0.15) is 22.0 Å². The van der Waals surface area contributed by atoms with Gasteiger partial charge in [0, 0.05) is 17.9 Å². The molecule has 0 saturated heterocycles. The fraction of sp³-hybridized carbons (Fsp3) is 0.462. The molecule has 0 spiro atoms. The van der Waals surface area contributed by atoms with Crippen molar-refractivity contribution in [3.05, 3.63) is 23.5 Å². The second kappa shape index (κ2) is 5.00. The molecule has 0 bridgehead atoms. The third-order valence-corrected chi connectivity index (χ3v) is 4.71. The minimum atomic E-state index is -3.69. The summed E-state index contributed by atoms with van der Waals surface area (Å²) in [7, 11) is -2.33. The quantitative estimate of drug-likeness (QED) is 0.629. The van der Waals surface area contributed by atoms with Crippen LogP contribution in [0.3, 0.4) is 0 Å². The largest absolute Gasteiger partial charge is 0.496 e. The molecule has 0 amide bonds. The molecule has 5 nitrogen and oxygen atoms in total. The molecule has 20 heavy (non-hydrogen) atoms. The molecule has 1 aromatic carbocycles. The molecule has 1 aliphatic carbocycles. The van der Waals surface area contributed by atoms with Crippen molar-refractivity contribution in [1.82, 2.24) is 0 Å². The van der Waals surface area contributed by atoms with E-state index in [0.717, 1.165) is 24.8 Å². The van der Waals surface area contributed by atoms with Crippen molar-refractivity contribution in [1.29, 1.82) is 0 Å². The summed E-state index contributed by atoms with van der Waals surface area (Å²) in [5.41, 5.74) is -0.455. The molecular formula is C13H14FNO4S. The van der Waals surface area contributed by atoms with Gasteiger partial charge in [0.15, 0.2) is 9.84 Å². The van der Waals surface area contributed by atoms with Crippen LogP contribution in [0.15, 0.2) is 22.0 Å². The maximum Gasteiger partial charge on any atom is 0.235 e. The third kappa shape index (κ3) is 2.34. The van der Waals surface area contributed by atoms with Gasteiger partial charge < -0.3 is 4.74 Å². The maximum atomic E-state index is 14.0. The molecule has 0 N–H and O–H groups in total. The Morgan fingerprint density at radius 1 is 1.40 bits per heavy atom. The van der Waals surface area contributed by atoms with E-state index in [0.29, 0.717) is 18.4 Å². The van der Waals surface area contributed by atoms with Crippen LogP contribution in [0.2, 0.25) is 0 Å². The number of rotatable bonds is 4. The Hall–Kier alpha value is -1.72. The smallest absolute Gasteiger partial charge is 0.235 e. The first-order valence-corrected chi connectivity index (χ1v) is 7.90. The number of hydrogen-bond acceptors (Lipinski definition) is 5. The van der Waals surface area contributed by atoms with Crippen molar-refractivity contribution < 1.29 is 22.3 Å². The van der Waals surface area contributed by atoms with Gasteiger partial charge in [-0.1, -0.05) is 0 Å². The van der Waals surface area contributed by atoms with Gasteiger partial charge in [0.2, 0.25) is 6.08 Å². The van der Waals surface area contributed by atoms with Crippen LogP contribution in [-0.4, -0.2) is 27.9 Å². The molecule has 0 aromatic heterocycles. The van der Waals surface area contributed by atoms with Gasteiger partial charge in [-0.15, -0.1) is 0 Å². The van der Waals surface area contributed by atoms with E-state index in [1.165, 1.54) is 13.2 Å². The lowest BCUT2D eigenvalue weighted by Crippen LogP contribution is -2.32. The Morgan fingerprint density at radius 3 is 2.45 bits per heavy atom. The number of methoxy groups -OCH3 is 1. The maximum absolute atomic E-state index is 14.0. The summed E-state index contributed by atoms with van der Waals surface area (Å²) in [6, 6.07) is 2.23. The second-order valence-corrected chi connectivity index (χ2v) is 6.83. The van der Waals surface area contributed by atoms with E-state index in [4.69, 9.17) is 4.74 Å². The Kier molecular flexibility index (Phi) is 3.67. The third-order valence-electron chi connectivity index (χ3n) is 3.60. The minimum Gasteiger partial charge on any atom is -0.496 e. The number of carbonyl (C=O) groups excluding carboxylic acids is 1. The molecule has 1 fully saturated rings. The van der Waals surface area contributed by atoms with Crippen LogP contribution in [0.25, 0.3) is 0 Å². The van der Waals surface area contributed by atoms with Crippen molar-refractivity contribution in [2.24, 2.45) is 4.99 Å². The lowest BCUT2D eigenvalue weighted by molar-refractivity contribution is 0.244. The van der Waals surface area contributed by atoms with Crippen LogP contribution in [0.4, 0.5) is 4.39 Å². The first-order valence-electron chi connectivity index (χ1n) is 6.01. The summed E-state index contributed by atoms with van der Waals surface area (Å²) in [6.07, 6.45) is 4.44. The van der Waals surface area contributed by atoms with Crippen LogP contribution in [0, 0.1) is 5.82 Å². The Balaban J connectivity index is 2.67. The number of aliphatic imine (C=N–C) groups is 1. The summed E-state index contributed by atoms with van der Waals surface area (Å²) < 4.78 is 42.2. The molecule has 1 saturated carbocycles. The van der Waals surface area contributed by atoms with E-state index in [9.17, 15) is 17.6 Å². The number of halogens is 1. The molecule has 0 heterocycles. The molecule has 1 aromatic rings. The Labute approximate surface area is 116 Å². The summed E-state index contributed by atoms with van der Waals surface area (Å²) in [6.45, 7) is 0. The number of isocyanates is 1. The van der Waals surface area contributed by atoms with E-state index in [1.807, 2.05) is 0 Å². The van der Waals surface area contributed by atoms with Crippen LogP contribution < -0.4 is 4.74 Å². The normalized spacial score (nSPS) is 16.9. The van der Waals surface area contributed by atoms with Crippen LogP contribution in [-0.2, 0) is 20.2 Å². The molecule has 0 aliphatic heterocycles. The van der Waals surface area contributed by atoms with Crippen molar-refractivity contribution in [3.63, 3.8) is 0 Å². The number of nitrogens with zero attached hydrogens (tertiary/aromatic N) is 1. The Bertz CT molecular complexity index is 689. The fourth-order valence-electron chi connectivity index (χ4n) is 2.39. The zero-order chi connectivity index (χ0) is 15.0. The molecule has 7 heteroatoms. The van der Waals surface area contributed by atoms with Gasteiger partial charge >= 0.3 is 0 Å². The number of benzene rings is 1. The van der Waals surface area contributed by atoms with Gasteiger partial charge in [0.05, 0.1) is 7.11 Å². The molecule has 0 radical (unpaired) electrons. The highest BCUT2D eigenvalue weighted by Gasteiger charge is 2.42.